The summed E-state index contributed by atoms with van der Waals surface area (Å²) in [6, 6.07) is 11.9. The van der Waals surface area contributed by atoms with E-state index in [1.54, 1.807) is 6.07 Å². The highest BCUT2D eigenvalue weighted by Crippen LogP contribution is 2.19. The predicted octanol–water partition coefficient (Wildman–Crippen LogP) is 3.91. The van der Waals surface area contributed by atoms with Crippen LogP contribution in [0, 0.1) is 5.82 Å². The molecule has 2 rings (SSSR count). The molecule has 0 heterocycles. The predicted molar refractivity (Wildman–Crippen MR) is 82.0 cm³/mol. The zero-order chi connectivity index (χ0) is 14.5. The third kappa shape index (κ3) is 4.17. The molecule has 0 saturated carbocycles. The van der Waals surface area contributed by atoms with Crippen molar-refractivity contribution in [1.29, 1.82) is 0 Å². The van der Waals surface area contributed by atoms with E-state index in [4.69, 9.17) is 5.73 Å². The van der Waals surface area contributed by atoms with Gasteiger partial charge < -0.3 is 5.73 Å². The van der Waals surface area contributed by atoms with Crippen molar-refractivity contribution in [3.63, 3.8) is 0 Å². The van der Waals surface area contributed by atoms with E-state index in [-0.39, 0.29) is 18.0 Å². The van der Waals surface area contributed by atoms with Crippen LogP contribution in [0.3, 0.4) is 0 Å². The van der Waals surface area contributed by atoms with Crippen LogP contribution in [-0.4, -0.2) is 5.78 Å². The fourth-order valence-electron chi connectivity index (χ4n) is 1.95. The summed E-state index contributed by atoms with van der Waals surface area (Å²) in [7, 11) is 0. The van der Waals surface area contributed by atoms with Gasteiger partial charge in [0.25, 0.3) is 0 Å². The summed E-state index contributed by atoms with van der Waals surface area (Å²) in [5, 5.41) is 0. The number of benzene rings is 2. The van der Waals surface area contributed by atoms with Gasteiger partial charge in [-0.2, -0.15) is 0 Å². The molecule has 4 heteroatoms. The number of halogens is 2. The minimum Gasteiger partial charge on any atom is -0.399 e. The number of nitrogens with two attached hydrogens (primary N) is 1. The number of anilines is 1. The third-order valence-corrected chi connectivity index (χ3v) is 3.84. The molecule has 0 unspecified atom stereocenters. The van der Waals surface area contributed by atoms with E-state index in [0.29, 0.717) is 24.1 Å². The Kier molecular flexibility index (Phi) is 4.90. The van der Waals surface area contributed by atoms with Crippen LogP contribution >= 0.6 is 15.9 Å². The van der Waals surface area contributed by atoms with Gasteiger partial charge in [-0.25, -0.2) is 4.39 Å². The first-order valence-electron chi connectivity index (χ1n) is 6.34. The zero-order valence-electron chi connectivity index (χ0n) is 10.9. The highest BCUT2D eigenvalue weighted by molar-refractivity contribution is 9.10. The Morgan fingerprint density at radius 3 is 2.55 bits per heavy atom. The fourth-order valence-corrected chi connectivity index (χ4v) is 2.33. The molecule has 0 fully saturated rings. The number of hydrogen-bond donors (Lipinski definition) is 1. The smallest absolute Gasteiger partial charge is 0.137 e. The summed E-state index contributed by atoms with van der Waals surface area (Å²) in [6.45, 7) is 0. The van der Waals surface area contributed by atoms with E-state index in [9.17, 15) is 9.18 Å². The van der Waals surface area contributed by atoms with Crippen LogP contribution in [0.2, 0.25) is 0 Å². The summed E-state index contributed by atoms with van der Waals surface area (Å²) in [4.78, 5) is 11.9. The number of carbonyl (C=O) groups excluding carboxylic acids is 1. The molecule has 0 amide bonds. The summed E-state index contributed by atoms with van der Waals surface area (Å²) in [5.74, 6) is -0.234. The van der Waals surface area contributed by atoms with Crippen LogP contribution in [0.25, 0.3) is 0 Å². The van der Waals surface area contributed by atoms with E-state index in [1.807, 2.05) is 24.3 Å². The molecule has 0 atom stereocenters. The lowest BCUT2D eigenvalue weighted by molar-refractivity contribution is -0.118. The van der Waals surface area contributed by atoms with Crippen molar-refractivity contribution >= 4 is 27.4 Å². The monoisotopic (exact) mass is 335 g/mol. The van der Waals surface area contributed by atoms with Gasteiger partial charge in [-0.15, -0.1) is 0 Å². The molecule has 2 nitrogen and oxygen atoms in total. The fraction of sp³-hybridized carbons (Fsp3) is 0.188. The van der Waals surface area contributed by atoms with E-state index >= 15 is 0 Å². The van der Waals surface area contributed by atoms with Crippen LogP contribution < -0.4 is 5.73 Å². The lowest BCUT2D eigenvalue weighted by Gasteiger charge is -2.05. The number of carbonyl (C=O) groups is 1. The Morgan fingerprint density at radius 1 is 1.15 bits per heavy atom. The molecule has 0 aromatic heterocycles. The van der Waals surface area contributed by atoms with Crippen molar-refractivity contribution in [2.24, 2.45) is 0 Å². The number of ketones is 1. The van der Waals surface area contributed by atoms with Gasteiger partial charge in [0.15, 0.2) is 0 Å². The second-order valence-electron chi connectivity index (χ2n) is 4.69. The van der Waals surface area contributed by atoms with Gasteiger partial charge in [-0.3, -0.25) is 4.79 Å². The van der Waals surface area contributed by atoms with Crippen molar-refractivity contribution in [2.75, 3.05) is 5.73 Å². The van der Waals surface area contributed by atoms with Gasteiger partial charge >= 0.3 is 0 Å². The minimum absolute atomic E-state index is 0.0909. The van der Waals surface area contributed by atoms with Crippen molar-refractivity contribution < 1.29 is 9.18 Å². The topological polar surface area (TPSA) is 43.1 Å². The number of rotatable bonds is 5. The van der Waals surface area contributed by atoms with E-state index < -0.39 is 0 Å². The van der Waals surface area contributed by atoms with Gasteiger partial charge in [0.1, 0.15) is 11.6 Å². The average Bonchev–Trinajstić information content (AvgIpc) is 2.42. The lowest BCUT2D eigenvalue weighted by Crippen LogP contribution is -2.05. The van der Waals surface area contributed by atoms with E-state index in [2.05, 4.69) is 15.9 Å². The molecule has 0 spiro atoms. The maximum atomic E-state index is 13.1. The number of hydrogen-bond acceptors (Lipinski definition) is 2. The maximum Gasteiger partial charge on any atom is 0.137 e. The van der Waals surface area contributed by atoms with Crippen LogP contribution in [0.5, 0.6) is 0 Å². The summed E-state index contributed by atoms with van der Waals surface area (Å²) in [5.41, 5.74) is 8.08. The molecule has 0 radical (unpaired) electrons. The van der Waals surface area contributed by atoms with E-state index in [1.165, 1.54) is 12.1 Å². The number of aryl methyl sites for hydroxylation is 1. The normalized spacial score (nSPS) is 10.5. The second kappa shape index (κ2) is 6.66. The summed E-state index contributed by atoms with van der Waals surface area (Å²) in [6.07, 6.45) is 1.35. The zero-order valence-corrected chi connectivity index (χ0v) is 12.5. The maximum absolute atomic E-state index is 13.1. The molecule has 0 saturated heterocycles. The highest BCUT2D eigenvalue weighted by Gasteiger charge is 2.08. The molecule has 2 aromatic rings. The molecular weight excluding hydrogens is 321 g/mol. The highest BCUT2D eigenvalue weighted by atomic mass is 79.9. The van der Waals surface area contributed by atoms with Gasteiger partial charge in [-0.05, 0) is 47.9 Å². The van der Waals surface area contributed by atoms with Crippen molar-refractivity contribution in [1.82, 2.24) is 0 Å². The Morgan fingerprint density at radius 2 is 1.85 bits per heavy atom. The third-order valence-electron chi connectivity index (χ3n) is 3.07. The van der Waals surface area contributed by atoms with Gasteiger partial charge in [0.2, 0.25) is 0 Å². The molecule has 0 bridgehead atoms. The Hall–Kier alpha value is -1.68. The molecule has 104 valence electrons. The average molecular weight is 336 g/mol. The lowest BCUT2D eigenvalue weighted by atomic mass is 10.0. The Balaban J connectivity index is 1.92. The van der Waals surface area contributed by atoms with Gasteiger partial charge in [-0.1, -0.05) is 28.1 Å². The standard InChI is InChI=1S/C16H15BrFNO/c17-16-8-4-13(18)9-12(16)10-15(20)7-3-11-1-5-14(19)6-2-11/h1-2,4-6,8-9H,3,7,10,19H2. The van der Waals surface area contributed by atoms with Crippen molar-refractivity contribution in [2.45, 2.75) is 19.3 Å². The van der Waals surface area contributed by atoms with Crippen molar-refractivity contribution in [3.8, 4) is 0 Å². The molecule has 0 aliphatic heterocycles. The van der Waals surface area contributed by atoms with Gasteiger partial charge in [0, 0.05) is 23.0 Å². The first-order valence-corrected chi connectivity index (χ1v) is 7.14. The molecule has 0 aliphatic rings. The molecule has 2 N–H and O–H groups in total. The largest absolute Gasteiger partial charge is 0.399 e. The molecule has 20 heavy (non-hydrogen) atoms. The second-order valence-corrected chi connectivity index (χ2v) is 5.55. The summed E-state index contributed by atoms with van der Waals surface area (Å²) >= 11 is 3.33. The van der Waals surface area contributed by atoms with Crippen LogP contribution in [-0.2, 0) is 17.6 Å². The molecular formula is C16H15BrFNO. The Bertz CT molecular complexity index is 610. The minimum atomic E-state index is -0.325. The number of nitrogen functional groups attached to an aromatic ring is 1. The van der Waals surface area contributed by atoms with Gasteiger partial charge in [0.05, 0.1) is 0 Å². The number of Topliss-reactive ketones (excluding diaryl/α,β-unsaturated/α-hetero) is 1. The van der Waals surface area contributed by atoms with Crippen molar-refractivity contribution in [3.05, 3.63) is 63.9 Å². The first kappa shape index (κ1) is 14.7. The SMILES string of the molecule is Nc1ccc(CCC(=O)Cc2cc(F)ccc2Br)cc1. The quantitative estimate of drug-likeness (QED) is 0.841. The molecule has 0 aliphatic carbocycles. The Labute approximate surface area is 125 Å². The summed E-state index contributed by atoms with van der Waals surface area (Å²) < 4.78 is 13.9. The van der Waals surface area contributed by atoms with Crippen LogP contribution in [0.4, 0.5) is 10.1 Å². The first-order chi connectivity index (χ1) is 9.54. The van der Waals surface area contributed by atoms with E-state index in [0.717, 1.165) is 10.0 Å². The molecule has 2 aromatic carbocycles. The van der Waals surface area contributed by atoms with Crippen LogP contribution in [0.1, 0.15) is 17.5 Å². The van der Waals surface area contributed by atoms with Crippen LogP contribution in [0.15, 0.2) is 46.9 Å².